The van der Waals surface area contributed by atoms with Gasteiger partial charge in [0.2, 0.25) is 0 Å². The number of nitrogens with zero attached hydrogens (tertiary/aromatic N) is 2. The number of carbonyl (C=O) groups is 2. The van der Waals surface area contributed by atoms with E-state index in [0.717, 1.165) is 18.6 Å². The first-order valence-electron chi connectivity index (χ1n) is 11.8. The van der Waals surface area contributed by atoms with Crippen LogP contribution in [0.4, 0.5) is 35.2 Å². The van der Waals surface area contributed by atoms with Crippen molar-refractivity contribution in [3.63, 3.8) is 0 Å². The standard InChI is InChI=1S/C27H27F3N4O2/c1-3-6-24(35)19-8-5-10-21(16-19)32-26(36)34-17(2)13-14-31-23-12-11-22(33-25(23)34)18-7-4-9-20(15-18)27(28,29)30/h4-5,7-12,15-17,31H,3,6,13-14H2,1-2H3,(H,32,36)/t17-/m1/s1. The highest BCUT2D eigenvalue weighted by Gasteiger charge is 2.31. The first kappa shape index (κ1) is 25.2. The van der Waals surface area contributed by atoms with Gasteiger partial charge in [-0.25, -0.2) is 9.78 Å². The minimum Gasteiger partial charge on any atom is -0.382 e. The van der Waals surface area contributed by atoms with Gasteiger partial charge in [0.1, 0.15) is 0 Å². The third-order valence-corrected chi connectivity index (χ3v) is 6.04. The van der Waals surface area contributed by atoms with Gasteiger partial charge in [-0.1, -0.05) is 31.2 Å². The van der Waals surface area contributed by atoms with Gasteiger partial charge >= 0.3 is 12.2 Å². The zero-order chi connectivity index (χ0) is 25.9. The van der Waals surface area contributed by atoms with Crippen LogP contribution in [0, 0.1) is 0 Å². The minimum atomic E-state index is -4.48. The largest absolute Gasteiger partial charge is 0.416 e. The Morgan fingerprint density at radius 1 is 1.11 bits per heavy atom. The molecule has 6 nitrogen and oxygen atoms in total. The Balaban J connectivity index is 1.67. The van der Waals surface area contributed by atoms with Gasteiger partial charge in [-0.3, -0.25) is 9.69 Å². The van der Waals surface area contributed by atoms with Gasteiger partial charge in [0, 0.05) is 35.8 Å². The number of benzene rings is 2. The number of Topliss-reactive ketones (excluding diaryl/α,β-unsaturated/α-hetero) is 1. The number of anilines is 3. The van der Waals surface area contributed by atoms with E-state index in [0.29, 0.717) is 53.4 Å². The SMILES string of the molecule is CCCC(=O)c1cccc(NC(=O)N2c3nc(-c4cccc(C(F)(F)F)c4)ccc3NCC[C@H]2C)c1. The van der Waals surface area contributed by atoms with Gasteiger partial charge < -0.3 is 10.6 Å². The summed E-state index contributed by atoms with van der Waals surface area (Å²) in [6.07, 6.45) is -2.69. The van der Waals surface area contributed by atoms with Crippen molar-refractivity contribution in [3.05, 3.63) is 71.8 Å². The maximum Gasteiger partial charge on any atom is 0.416 e. The molecule has 4 rings (SSSR count). The van der Waals surface area contributed by atoms with Crippen LogP contribution >= 0.6 is 0 Å². The summed E-state index contributed by atoms with van der Waals surface area (Å²) in [5.74, 6) is 0.323. The number of halogens is 3. The fraction of sp³-hybridized carbons (Fsp3) is 0.296. The number of aromatic nitrogens is 1. The number of amides is 2. The van der Waals surface area contributed by atoms with E-state index in [1.165, 1.54) is 11.0 Å². The third kappa shape index (κ3) is 5.50. The molecule has 36 heavy (non-hydrogen) atoms. The third-order valence-electron chi connectivity index (χ3n) is 6.04. The van der Waals surface area contributed by atoms with E-state index in [1.807, 2.05) is 13.8 Å². The molecule has 1 aromatic heterocycles. The lowest BCUT2D eigenvalue weighted by Gasteiger charge is -2.27. The van der Waals surface area contributed by atoms with Crippen molar-refractivity contribution in [3.8, 4) is 11.3 Å². The van der Waals surface area contributed by atoms with Crippen LogP contribution in [-0.2, 0) is 6.18 Å². The normalized spacial score (nSPS) is 15.5. The van der Waals surface area contributed by atoms with Crippen LogP contribution in [-0.4, -0.2) is 29.4 Å². The van der Waals surface area contributed by atoms with Gasteiger partial charge in [0.05, 0.1) is 16.9 Å². The van der Waals surface area contributed by atoms with Gasteiger partial charge in [-0.05, 0) is 56.2 Å². The second-order valence-corrected chi connectivity index (χ2v) is 8.76. The molecular weight excluding hydrogens is 469 g/mol. The topological polar surface area (TPSA) is 74.3 Å². The predicted octanol–water partition coefficient (Wildman–Crippen LogP) is 6.99. The second kappa shape index (κ2) is 10.4. The summed E-state index contributed by atoms with van der Waals surface area (Å²) < 4.78 is 39.7. The van der Waals surface area contributed by atoms with Crippen molar-refractivity contribution in [2.24, 2.45) is 0 Å². The predicted molar refractivity (Wildman–Crippen MR) is 134 cm³/mol. The number of ketones is 1. The second-order valence-electron chi connectivity index (χ2n) is 8.76. The quantitative estimate of drug-likeness (QED) is 0.373. The Bertz CT molecular complexity index is 1280. The lowest BCUT2D eigenvalue weighted by Crippen LogP contribution is -2.42. The van der Waals surface area contributed by atoms with Crippen molar-refractivity contribution < 1.29 is 22.8 Å². The van der Waals surface area contributed by atoms with Crippen molar-refractivity contribution in [2.45, 2.75) is 45.3 Å². The number of hydrogen-bond acceptors (Lipinski definition) is 4. The van der Waals surface area contributed by atoms with Crippen LogP contribution < -0.4 is 15.5 Å². The summed E-state index contributed by atoms with van der Waals surface area (Å²) in [6.45, 7) is 4.41. The van der Waals surface area contributed by atoms with E-state index < -0.39 is 17.8 Å². The van der Waals surface area contributed by atoms with E-state index in [2.05, 4.69) is 15.6 Å². The molecule has 0 unspecified atom stereocenters. The highest BCUT2D eigenvalue weighted by atomic mass is 19.4. The van der Waals surface area contributed by atoms with E-state index in [9.17, 15) is 22.8 Å². The average Bonchev–Trinajstić information content (AvgIpc) is 3.01. The molecule has 188 valence electrons. The Hall–Kier alpha value is -3.88. The van der Waals surface area contributed by atoms with Crippen molar-refractivity contribution in [1.82, 2.24) is 4.98 Å². The molecule has 0 aliphatic carbocycles. The molecular formula is C27H27F3N4O2. The zero-order valence-electron chi connectivity index (χ0n) is 20.0. The zero-order valence-corrected chi connectivity index (χ0v) is 20.0. The maximum atomic E-state index is 13.4. The molecule has 2 N–H and O–H groups in total. The molecule has 0 saturated carbocycles. The number of pyridine rings is 1. The van der Waals surface area contributed by atoms with E-state index >= 15 is 0 Å². The number of fused-ring (bicyclic) bond motifs is 1. The fourth-order valence-electron chi connectivity index (χ4n) is 4.16. The van der Waals surface area contributed by atoms with Crippen molar-refractivity contribution in [1.29, 1.82) is 0 Å². The minimum absolute atomic E-state index is 0.00122. The Labute approximate surface area is 207 Å². The fourth-order valence-corrected chi connectivity index (χ4v) is 4.16. The Kier molecular flexibility index (Phi) is 7.28. The van der Waals surface area contributed by atoms with Crippen molar-refractivity contribution in [2.75, 3.05) is 22.1 Å². The van der Waals surface area contributed by atoms with Crippen LogP contribution in [0.3, 0.4) is 0 Å². The van der Waals surface area contributed by atoms with Crippen molar-refractivity contribution >= 4 is 29.0 Å². The van der Waals surface area contributed by atoms with E-state index in [1.54, 1.807) is 42.5 Å². The van der Waals surface area contributed by atoms with E-state index in [-0.39, 0.29) is 11.8 Å². The number of rotatable bonds is 5. The molecule has 3 aromatic rings. The van der Waals surface area contributed by atoms with Crippen LogP contribution in [0.15, 0.2) is 60.7 Å². The van der Waals surface area contributed by atoms with Crippen LogP contribution in [0.25, 0.3) is 11.3 Å². The summed E-state index contributed by atoms with van der Waals surface area (Å²) in [4.78, 5) is 31.9. The maximum absolute atomic E-state index is 13.4. The molecule has 0 fully saturated rings. The number of carbonyl (C=O) groups excluding carboxylic acids is 2. The summed E-state index contributed by atoms with van der Waals surface area (Å²) in [7, 11) is 0. The molecule has 0 spiro atoms. The summed E-state index contributed by atoms with van der Waals surface area (Å²) in [5, 5.41) is 6.10. The van der Waals surface area contributed by atoms with Gasteiger partial charge in [-0.15, -0.1) is 0 Å². The molecule has 2 heterocycles. The van der Waals surface area contributed by atoms with Crippen LogP contribution in [0.5, 0.6) is 0 Å². The lowest BCUT2D eigenvalue weighted by atomic mass is 10.1. The van der Waals surface area contributed by atoms with E-state index in [4.69, 9.17) is 0 Å². The molecule has 1 aliphatic heterocycles. The highest BCUT2D eigenvalue weighted by Crippen LogP contribution is 2.35. The summed E-state index contributed by atoms with van der Waals surface area (Å²) in [5.41, 5.74) is 1.45. The first-order chi connectivity index (χ1) is 17.2. The summed E-state index contributed by atoms with van der Waals surface area (Å²) in [6, 6.07) is 14.4. The lowest BCUT2D eigenvalue weighted by molar-refractivity contribution is -0.137. The number of hydrogen-bond donors (Lipinski definition) is 2. The molecule has 0 saturated heterocycles. The molecule has 0 radical (unpaired) electrons. The van der Waals surface area contributed by atoms with Gasteiger partial charge in [-0.2, -0.15) is 13.2 Å². The highest BCUT2D eigenvalue weighted by molar-refractivity contribution is 6.05. The Morgan fingerprint density at radius 2 is 1.89 bits per heavy atom. The monoisotopic (exact) mass is 496 g/mol. The molecule has 2 amide bonds. The number of urea groups is 1. The first-order valence-corrected chi connectivity index (χ1v) is 11.8. The summed E-state index contributed by atoms with van der Waals surface area (Å²) >= 11 is 0. The molecule has 0 bridgehead atoms. The molecule has 9 heteroatoms. The number of alkyl halides is 3. The smallest absolute Gasteiger partial charge is 0.382 e. The Morgan fingerprint density at radius 3 is 2.64 bits per heavy atom. The van der Waals surface area contributed by atoms with Crippen LogP contribution in [0.1, 0.15) is 49.0 Å². The number of nitrogens with one attached hydrogen (secondary N) is 2. The van der Waals surface area contributed by atoms with Gasteiger partial charge in [0.25, 0.3) is 0 Å². The molecule has 1 atom stereocenters. The molecule has 1 aliphatic rings. The van der Waals surface area contributed by atoms with Gasteiger partial charge in [0.15, 0.2) is 11.6 Å². The van der Waals surface area contributed by atoms with Crippen LogP contribution in [0.2, 0.25) is 0 Å². The average molecular weight is 497 g/mol. The molecule has 2 aromatic carbocycles.